The summed E-state index contributed by atoms with van der Waals surface area (Å²) in [6.07, 6.45) is 0. The van der Waals surface area contributed by atoms with Gasteiger partial charge in [-0.25, -0.2) is 8.42 Å². The summed E-state index contributed by atoms with van der Waals surface area (Å²) in [4.78, 5) is 5.23. The van der Waals surface area contributed by atoms with Gasteiger partial charge in [-0.1, -0.05) is 42.5 Å². The van der Waals surface area contributed by atoms with Crippen LogP contribution in [0.1, 0.15) is 0 Å². The first-order valence-electron chi connectivity index (χ1n) is 9.49. The molecule has 0 unspecified atom stereocenters. The molecule has 4 rings (SSSR count). The molecule has 0 bridgehead atoms. The van der Waals surface area contributed by atoms with Crippen LogP contribution in [0.4, 0.5) is 11.4 Å². The molecule has 3 aromatic carbocycles. The fourth-order valence-corrected chi connectivity index (χ4v) is 5.35. The largest absolute Gasteiger partial charge is 0.387 e. The lowest BCUT2D eigenvalue weighted by molar-refractivity contribution is 0.313. The van der Waals surface area contributed by atoms with Crippen LogP contribution in [0.3, 0.4) is 0 Å². The molecule has 1 N–H and O–H groups in total. The minimum atomic E-state index is -3.64. The molecule has 0 saturated carbocycles. The van der Waals surface area contributed by atoms with Gasteiger partial charge in [0.1, 0.15) is 0 Å². The van der Waals surface area contributed by atoms with Crippen LogP contribution in [0.5, 0.6) is 0 Å². The molecule has 0 aromatic heterocycles. The van der Waals surface area contributed by atoms with Gasteiger partial charge in [-0.05, 0) is 25.2 Å². The van der Waals surface area contributed by atoms with Gasteiger partial charge >= 0.3 is 0 Å². The smallest absolute Gasteiger partial charge is 0.208 e. The van der Waals surface area contributed by atoms with Crippen molar-refractivity contribution >= 4 is 32.0 Å². The van der Waals surface area contributed by atoms with E-state index in [9.17, 15) is 8.42 Å². The zero-order chi connectivity index (χ0) is 19.7. The fourth-order valence-electron chi connectivity index (χ4n) is 3.84. The number of sulfone groups is 1. The Kier molecular flexibility index (Phi) is 5.00. The molecule has 146 valence electrons. The Labute approximate surface area is 166 Å². The Morgan fingerprint density at radius 1 is 0.857 bits per heavy atom. The summed E-state index contributed by atoms with van der Waals surface area (Å²) in [5.74, 6) is 0. The van der Waals surface area contributed by atoms with E-state index >= 15 is 0 Å². The number of fused-ring (bicyclic) bond motifs is 1. The van der Waals surface area contributed by atoms with Crippen LogP contribution in [0.15, 0.2) is 70.5 Å². The molecule has 28 heavy (non-hydrogen) atoms. The van der Waals surface area contributed by atoms with Crippen LogP contribution in [-0.4, -0.2) is 53.6 Å². The first kappa shape index (κ1) is 18.8. The second kappa shape index (κ2) is 7.45. The van der Waals surface area contributed by atoms with E-state index in [1.54, 1.807) is 31.3 Å². The lowest BCUT2D eigenvalue weighted by atomic mass is 10.1. The third-order valence-corrected chi connectivity index (χ3v) is 7.22. The van der Waals surface area contributed by atoms with Gasteiger partial charge in [-0.3, -0.25) is 0 Å². The third-order valence-electron chi connectivity index (χ3n) is 5.42. The van der Waals surface area contributed by atoms with Gasteiger partial charge in [0.05, 0.1) is 15.5 Å². The second-order valence-corrected chi connectivity index (χ2v) is 9.09. The zero-order valence-corrected chi connectivity index (χ0v) is 17.0. The number of piperazine rings is 1. The molecule has 3 aromatic rings. The lowest BCUT2D eigenvalue weighted by Crippen LogP contribution is -2.44. The molecule has 0 amide bonds. The van der Waals surface area contributed by atoms with E-state index in [1.807, 2.05) is 30.3 Å². The van der Waals surface area contributed by atoms with Gasteiger partial charge in [-0.2, -0.15) is 0 Å². The maximum Gasteiger partial charge on any atom is 0.208 e. The molecular weight excluding hydrogens is 370 g/mol. The number of hydrogen-bond acceptors (Lipinski definition) is 5. The van der Waals surface area contributed by atoms with Crippen molar-refractivity contribution in [3.05, 3.63) is 60.7 Å². The molecule has 1 saturated heterocycles. The van der Waals surface area contributed by atoms with Crippen molar-refractivity contribution in [2.75, 3.05) is 50.5 Å². The maximum absolute atomic E-state index is 13.5. The summed E-state index contributed by atoms with van der Waals surface area (Å²) in [6, 6.07) is 18.5. The van der Waals surface area contributed by atoms with Crippen molar-refractivity contribution < 1.29 is 8.42 Å². The van der Waals surface area contributed by atoms with Crippen molar-refractivity contribution in [2.24, 2.45) is 0 Å². The maximum atomic E-state index is 13.5. The van der Waals surface area contributed by atoms with Gasteiger partial charge in [0.25, 0.3) is 0 Å². The van der Waals surface area contributed by atoms with Gasteiger partial charge in [0.15, 0.2) is 0 Å². The van der Waals surface area contributed by atoms with E-state index in [1.165, 1.54) is 0 Å². The predicted octanol–water partition coefficient (Wildman–Crippen LogP) is 3.47. The number of benzene rings is 3. The quantitative estimate of drug-likeness (QED) is 0.733. The third kappa shape index (κ3) is 3.23. The number of rotatable bonds is 4. The van der Waals surface area contributed by atoms with Crippen molar-refractivity contribution in [1.82, 2.24) is 4.90 Å². The topological polar surface area (TPSA) is 52.7 Å². The van der Waals surface area contributed by atoms with E-state index in [-0.39, 0.29) is 0 Å². The van der Waals surface area contributed by atoms with Gasteiger partial charge in [0.2, 0.25) is 9.84 Å². The molecule has 0 radical (unpaired) electrons. The normalized spacial score (nSPS) is 15.7. The monoisotopic (exact) mass is 395 g/mol. The molecule has 1 aliphatic heterocycles. The van der Waals surface area contributed by atoms with Gasteiger partial charge in [0, 0.05) is 49.7 Å². The molecule has 1 aliphatic rings. The average molecular weight is 396 g/mol. The van der Waals surface area contributed by atoms with Gasteiger partial charge in [-0.15, -0.1) is 0 Å². The molecular formula is C22H25N3O2S. The van der Waals surface area contributed by atoms with Crippen LogP contribution < -0.4 is 10.2 Å². The van der Waals surface area contributed by atoms with Crippen molar-refractivity contribution in [3.63, 3.8) is 0 Å². The zero-order valence-electron chi connectivity index (χ0n) is 16.2. The molecule has 1 heterocycles. The van der Waals surface area contributed by atoms with Crippen LogP contribution in [0, 0.1) is 0 Å². The molecule has 5 nitrogen and oxygen atoms in total. The van der Waals surface area contributed by atoms with Crippen LogP contribution >= 0.6 is 0 Å². The molecule has 0 spiro atoms. The Morgan fingerprint density at radius 2 is 1.46 bits per heavy atom. The van der Waals surface area contributed by atoms with E-state index < -0.39 is 9.84 Å². The van der Waals surface area contributed by atoms with Crippen molar-refractivity contribution in [1.29, 1.82) is 0 Å². The van der Waals surface area contributed by atoms with Crippen LogP contribution in [0.25, 0.3) is 10.8 Å². The summed E-state index contributed by atoms with van der Waals surface area (Å²) in [5, 5.41) is 5.15. The number of nitrogens with one attached hydrogen (secondary N) is 1. The molecule has 1 fully saturated rings. The van der Waals surface area contributed by atoms with E-state index in [2.05, 4.69) is 28.2 Å². The highest BCUT2D eigenvalue weighted by Gasteiger charge is 2.26. The highest BCUT2D eigenvalue weighted by Crippen LogP contribution is 2.40. The average Bonchev–Trinajstić information content (AvgIpc) is 2.74. The SMILES string of the molecule is CNc1c(S(=O)(=O)c2ccccc2)cc(N2CCN(C)CC2)c2ccccc12. The Hall–Kier alpha value is -2.57. The van der Waals surface area contributed by atoms with Crippen molar-refractivity contribution in [2.45, 2.75) is 9.79 Å². The summed E-state index contributed by atoms with van der Waals surface area (Å²) < 4.78 is 27.0. The summed E-state index contributed by atoms with van der Waals surface area (Å²) in [5.41, 5.74) is 1.63. The standard InChI is InChI=1S/C22H25N3O2S/c1-23-22-19-11-7-6-10-18(19)20(25-14-12-24(2)13-15-25)16-21(22)28(26,27)17-8-4-3-5-9-17/h3-11,16,23H,12-15H2,1-2H3. The Balaban J connectivity index is 1.96. The minimum Gasteiger partial charge on any atom is -0.387 e. The first-order valence-corrected chi connectivity index (χ1v) is 11.0. The first-order chi connectivity index (χ1) is 13.5. The fraction of sp³-hybridized carbons (Fsp3) is 0.273. The van der Waals surface area contributed by atoms with Crippen LogP contribution in [0.2, 0.25) is 0 Å². The number of nitrogens with zero attached hydrogens (tertiary/aromatic N) is 2. The molecule has 0 aliphatic carbocycles. The highest BCUT2D eigenvalue weighted by molar-refractivity contribution is 7.91. The van der Waals surface area contributed by atoms with E-state index in [4.69, 9.17) is 0 Å². The summed E-state index contributed by atoms with van der Waals surface area (Å²) >= 11 is 0. The minimum absolute atomic E-state index is 0.311. The summed E-state index contributed by atoms with van der Waals surface area (Å²) in [7, 11) is 0.250. The lowest BCUT2D eigenvalue weighted by Gasteiger charge is -2.35. The number of hydrogen-bond donors (Lipinski definition) is 1. The Morgan fingerprint density at radius 3 is 2.11 bits per heavy atom. The van der Waals surface area contributed by atoms with Crippen molar-refractivity contribution in [3.8, 4) is 0 Å². The number of likely N-dealkylation sites (N-methyl/N-ethyl adjacent to an activating group) is 1. The van der Waals surface area contributed by atoms with E-state index in [0.29, 0.717) is 15.5 Å². The van der Waals surface area contributed by atoms with E-state index in [0.717, 1.165) is 42.6 Å². The summed E-state index contributed by atoms with van der Waals surface area (Å²) in [6.45, 7) is 3.68. The second-order valence-electron chi connectivity index (χ2n) is 7.17. The van der Waals surface area contributed by atoms with Crippen LogP contribution in [-0.2, 0) is 9.84 Å². The molecule has 0 atom stereocenters. The highest BCUT2D eigenvalue weighted by atomic mass is 32.2. The predicted molar refractivity (Wildman–Crippen MR) is 115 cm³/mol. The van der Waals surface area contributed by atoms with Gasteiger partial charge < -0.3 is 15.1 Å². The Bertz CT molecular complexity index is 1090. The molecule has 6 heteroatoms. The number of anilines is 2.